The number of hydrogen-bond donors (Lipinski definition) is 3. The third-order valence-electron chi connectivity index (χ3n) is 10.5. The third kappa shape index (κ3) is 6.58. The molecule has 0 aliphatic carbocycles. The van der Waals surface area contributed by atoms with Gasteiger partial charge in [-0.05, 0) is 85.3 Å². The lowest BCUT2D eigenvalue weighted by atomic mass is 9.93. The first-order valence-corrected chi connectivity index (χ1v) is 17.5. The number of aromatic nitrogens is 3. The van der Waals surface area contributed by atoms with Crippen LogP contribution in [0.5, 0.6) is 0 Å². The van der Waals surface area contributed by atoms with Crippen molar-refractivity contribution in [2.45, 2.75) is 52.4 Å². The van der Waals surface area contributed by atoms with Gasteiger partial charge in [0.2, 0.25) is 11.8 Å². The summed E-state index contributed by atoms with van der Waals surface area (Å²) >= 11 is 0. The third-order valence-corrected chi connectivity index (χ3v) is 10.5. The number of nitrogens with zero attached hydrogens (tertiary/aromatic N) is 6. The highest BCUT2D eigenvalue weighted by atomic mass is 16.4. The number of nitrogens with one attached hydrogen (secondary N) is 1. The second-order valence-corrected chi connectivity index (χ2v) is 14.0. The molecular weight excluding hydrogens is 646 g/mol. The van der Waals surface area contributed by atoms with Gasteiger partial charge in [-0.25, -0.2) is 9.97 Å². The van der Waals surface area contributed by atoms with E-state index in [-0.39, 0.29) is 18.6 Å². The number of carboxylic acid groups (broad SMARTS) is 1. The molecule has 2 atom stereocenters. The molecule has 12 nitrogen and oxygen atoms in total. The number of carbonyl (C=O) groups excluding carboxylic acids is 1. The summed E-state index contributed by atoms with van der Waals surface area (Å²) in [5.74, 6) is 0.653. The highest BCUT2D eigenvalue weighted by molar-refractivity contribution is 5.91. The monoisotopic (exact) mass is 687 g/mol. The highest BCUT2D eigenvalue weighted by Crippen LogP contribution is 2.38. The van der Waals surface area contributed by atoms with Crippen LogP contribution in [0.3, 0.4) is 0 Å². The zero-order chi connectivity index (χ0) is 35.2. The Labute approximate surface area is 295 Å². The number of hydrogen-bond acceptors (Lipinski definition) is 10. The van der Waals surface area contributed by atoms with E-state index >= 15 is 0 Å². The van der Waals surface area contributed by atoms with Crippen molar-refractivity contribution in [1.29, 1.82) is 0 Å². The van der Waals surface area contributed by atoms with Crippen LogP contribution in [-0.2, 0) is 29.2 Å². The fourth-order valence-electron chi connectivity index (χ4n) is 7.65. The number of aliphatic hydroxyl groups is 1. The van der Waals surface area contributed by atoms with Gasteiger partial charge in [-0.2, -0.15) is 0 Å². The van der Waals surface area contributed by atoms with Gasteiger partial charge in [-0.15, -0.1) is 0 Å². The molecule has 2 saturated heterocycles. The molecule has 2 unspecified atom stereocenters. The Morgan fingerprint density at radius 3 is 2.49 bits per heavy atom. The van der Waals surface area contributed by atoms with E-state index in [1.807, 2.05) is 41.4 Å². The first-order chi connectivity index (χ1) is 24.7. The van der Waals surface area contributed by atoms with Crippen LogP contribution in [0.25, 0.3) is 33.5 Å². The highest BCUT2D eigenvalue weighted by Gasteiger charge is 2.33. The van der Waals surface area contributed by atoms with Crippen molar-refractivity contribution in [3.63, 3.8) is 0 Å². The predicted molar refractivity (Wildman–Crippen MR) is 192 cm³/mol. The standard InChI is InChI=1S/C39H41N7O5/c1-23-29(5-3-7-31(23)38-43-33-20-46(21-34(33)51-38)35(48)22-45-13-10-27(18-45)39(49)50)30-6-4-8-32(24(30)2)42-37-36-26(9-12-40-37)15-25(16-41-36)17-44-14-11-28(47)19-44/h3-9,12,15-16,27-28,47H,10-11,13-14,17-22H2,1-2H3,(H,40,42)(H,49,50). The topological polar surface area (TPSA) is 148 Å². The molecule has 3 aliphatic rings. The van der Waals surface area contributed by atoms with Crippen molar-refractivity contribution in [3.05, 3.63) is 89.1 Å². The minimum atomic E-state index is -0.803. The summed E-state index contributed by atoms with van der Waals surface area (Å²) < 4.78 is 6.27. The summed E-state index contributed by atoms with van der Waals surface area (Å²) in [6.45, 7) is 8.46. The van der Waals surface area contributed by atoms with Gasteiger partial charge in [0.25, 0.3) is 0 Å². The second kappa shape index (κ2) is 13.5. The lowest BCUT2D eigenvalue weighted by molar-refractivity contribution is -0.141. The number of rotatable bonds is 9. The number of aliphatic hydroxyl groups excluding tert-OH is 1. The molecule has 5 aromatic rings. The van der Waals surface area contributed by atoms with E-state index < -0.39 is 11.9 Å². The Hall–Kier alpha value is -5.17. The molecule has 0 radical (unpaired) electrons. The minimum Gasteiger partial charge on any atom is -0.481 e. The van der Waals surface area contributed by atoms with Crippen molar-refractivity contribution in [2.24, 2.45) is 5.92 Å². The summed E-state index contributed by atoms with van der Waals surface area (Å²) in [4.78, 5) is 44.5. The Balaban J connectivity index is 0.983. The van der Waals surface area contributed by atoms with Crippen molar-refractivity contribution in [1.82, 2.24) is 29.7 Å². The zero-order valence-corrected chi connectivity index (χ0v) is 28.8. The van der Waals surface area contributed by atoms with Gasteiger partial charge in [-0.1, -0.05) is 24.3 Å². The van der Waals surface area contributed by atoms with Crippen LogP contribution in [0.2, 0.25) is 0 Å². The fraction of sp³-hybridized carbons (Fsp3) is 0.359. The molecule has 2 aromatic carbocycles. The maximum Gasteiger partial charge on any atom is 0.307 e. The molecule has 2 fully saturated rings. The summed E-state index contributed by atoms with van der Waals surface area (Å²) in [5.41, 5.74) is 8.74. The number of amides is 1. The number of fused-ring (bicyclic) bond motifs is 2. The minimum absolute atomic E-state index is 0.0452. The molecule has 3 aromatic heterocycles. The smallest absolute Gasteiger partial charge is 0.307 e. The van der Waals surface area contributed by atoms with Gasteiger partial charge < -0.3 is 24.8 Å². The Kier molecular flexibility index (Phi) is 8.74. The molecular formula is C39H41N7O5. The van der Waals surface area contributed by atoms with Crippen molar-refractivity contribution in [3.8, 4) is 22.6 Å². The van der Waals surface area contributed by atoms with E-state index in [9.17, 15) is 19.8 Å². The number of β-amino-alcohol motifs (C(OH)–C–C–N with tert-alkyl or cyclic N) is 1. The number of benzene rings is 2. The van der Waals surface area contributed by atoms with Crippen LogP contribution < -0.4 is 5.32 Å². The Morgan fingerprint density at radius 1 is 0.941 bits per heavy atom. The first-order valence-electron chi connectivity index (χ1n) is 17.5. The van der Waals surface area contributed by atoms with Crippen molar-refractivity contribution >= 4 is 34.3 Å². The van der Waals surface area contributed by atoms with Crippen LogP contribution >= 0.6 is 0 Å². The van der Waals surface area contributed by atoms with Crippen LogP contribution in [0.15, 0.2) is 65.3 Å². The van der Waals surface area contributed by atoms with E-state index in [0.717, 1.165) is 75.2 Å². The predicted octanol–water partition coefficient (Wildman–Crippen LogP) is 5.13. The molecule has 12 heteroatoms. The number of likely N-dealkylation sites (tertiary alicyclic amines) is 2. The number of anilines is 2. The molecule has 0 saturated carbocycles. The Morgan fingerprint density at radius 2 is 1.73 bits per heavy atom. The van der Waals surface area contributed by atoms with Crippen molar-refractivity contribution < 1.29 is 24.2 Å². The molecule has 8 rings (SSSR count). The normalized spacial score (nSPS) is 19.2. The Bertz CT molecular complexity index is 2120. The SMILES string of the molecule is Cc1c(Nc2nccc3cc(CN4CCC(O)C4)cnc23)cccc1-c1cccc(-c2nc3c(o2)CN(C(=O)CN2CCC(C(=O)O)C2)C3)c1C. The van der Waals surface area contributed by atoms with Gasteiger partial charge in [0.05, 0.1) is 31.7 Å². The number of carboxylic acids is 1. The summed E-state index contributed by atoms with van der Waals surface area (Å²) in [7, 11) is 0. The van der Waals surface area contributed by atoms with Gasteiger partial charge >= 0.3 is 5.97 Å². The maximum absolute atomic E-state index is 13.0. The van der Waals surface area contributed by atoms with Gasteiger partial charge in [0, 0.05) is 55.2 Å². The summed E-state index contributed by atoms with van der Waals surface area (Å²) in [6.07, 6.45) is 4.83. The molecule has 262 valence electrons. The molecule has 0 bridgehead atoms. The second-order valence-electron chi connectivity index (χ2n) is 14.0. The number of aliphatic carboxylic acids is 1. The average molecular weight is 688 g/mol. The van der Waals surface area contributed by atoms with Gasteiger partial charge in [0.1, 0.15) is 17.0 Å². The number of carbonyl (C=O) groups is 2. The maximum atomic E-state index is 13.0. The number of pyridine rings is 2. The van der Waals surface area contributed by atoms with Gasteiger partial charge in [-0.3, -0.25) is 24.4 Å². The van der Waals surface area contributed by atoms with Gasteiger partial charge in [0.15, 0.2) is 5.82 Å². The lowest BCUT2D eigenvalue weighted by Gasteiger charge is -2.20. The van der Waals surface area contributed by atoms with E-state index in [0.29, 0.717) is 56.6 Å². The zero-order valence-electron chi connectivity index (χ0n) is 28.8. The molecule has 3 aliphatic heterocycles. The van der Waals surface area contributed by atoms with Crippen molar-refractivity contribution in [2.75, 3.05) is 38.0 Å². The molecule has 51 heavy (non-hydrogen) atoms. The van der Waals surface area contributed by atoms with E-state index in [1.54, 1.807) is 11.1 Å². The quantitative estimate of drug-likeness (QED) is 0.190. The fourth-order valence-corrected chi connectivity index (χ4v) is 7.65. The first kappa shape index (κ1) is 33.0. The molecule has 0 spiro atoms. The van der Waals surface area contributed by atoms with Crippen LogP contribution in [0.4, 0.5) is 11.5 Å². The van der Waals surface area contributed by atoms with E-state index in [2.05, 4.69) is 47.2 Å². The van der Waals surface area contributed by atoms with E-state index in [1.165, 1.54) is 0 Å². The largest absolute Gasteiger partial charge is 0.481 e. The molecule has 6 heterocycles. The van der Waals surface area contributed by atoms with E-state index in [4.69, 9.17) is 14.4 Å². The molecule has 3 N–H and O–H groups in total. The van der Waals surface area contributed by atoms with Crippen LogP contribution in [0.1, 0.15) is 41.0 Å². The lowest BCUT2D eigenvalue weighted by Crippen LogP contribution is -2.37. The average Bonchev–Trinajstić information content (AvgIpc) is 3.91. The summed E-state index contributed by atoms with van der Waals surface area (Å²) in [5, 5.41) is 23.8. The van der Waals surface area contributed by atoms with Crippen LogP contribution in [-0.4, -0.2) is 90.6 Å². The van der Waals surface area contributed by atoms with Crippen LogP contribution in [0, 0.1) is 19.8 Å². The summed E-state index contributed by atoms with van der Waals surface area (Å²) in [6, 6.07) is 16.5. The number of oxazole rings is 1. The molecule has 1 amide bonds.